The van der Waals surface area contributed by atoms with E-state index in [0.717, 1.165) is 19.3 Å². The van der Waals surface area contributed by atoms with E-state index in [2.05, 4.69) is 5.32 Å². The van der Waals surface area contributed by atoms with Crippen molar-refractivity contribution in [3.63, 3.8) is 0 Å². The number of amides is 1. The lowest BCUT2D eigenvalue weighted by Crippen LogP contribution is -2.41. The smallest absolute Gasteiger partial charge is 0.407 e. The first kappa shape index (κ1) is 11.6. The Labute approximate surface area is 90.1 Å². The Bertz CT molecular complexity index is 213. The maximum atomic E-state index is 11.4. The Morgan fingerprint density at radius 3 is 2.50 bits per heavy atom. The first-order valence-corrected chi connectivity index (χ1v) is 5.46. The molecule has 0 bridgehead atoms. The summed E-state index contributed by atoms with van der Waals surface area (Å²) in [5.41, 5.74) is -0.440. The van der Waals surface area contributed by atoms with Crippen LogP contribution in [0.1, 0.15) is 40.0 Å². The number of carbonyl (C=O) groups is 1. The average molecular weight is 220 g/mol. The number of hydrogen-bond donors (Lipinski definition) is 1. The molecule has 0 saturated heterocycles. The summed E-state index contributed by atoms with van der Waals surface area (Å²) in [6.45, 7) is 5.54. The summed E-state index contributed by atoms with van der Waals surface area (Å²) >= 11 is 6.02. The lowest BCUT2D eigenvalue weighted by Gasteiger charge is -2.22. The van der Waals surface area contributed by atoms with Crippen LogP contribution in [0.3, 0.4) is 0 Å². The predicted octanol–water partition coefficient (Wildman–Crippen LogP) is 2.67. The van der Waals surface area contributed by atoms with Crippen molar-refractivity contribution in [2.75, 3.05) is 0 Å². The summed E-state index contributed by atoms with van der Waals surface area (Å²) in [5.74, 6) is 0. The van der Waals surface area contributed by atoms with Gasteiger partial charge in [-0.2, -0.15) is 0 Å². The van der Waals surface area contributed by atoms with E-state index >= 15 is 0 Å². The van der Waals surface area contributed by atoms with Crippen LogP contribution in [0, 0.1) is 0 Å². The molecule has 1 aliphatic rings. The normalized spacial score (nSPS) is 27.4. The van der Waals surface area contributed by atoms with Crippen LogP contribution in [0.15, 0.2) is 0 Å². The Morgan fingerprint density at radius 1 is 1.43 bits per heavy atom. The SMILES string of the molecule is CC(C)(C)OC(=O)N[C@@H]1CCC[C@@H]1Cl. The van der Waals surface area contributed by atoms with Gasteiger partial charge in [0.25, 0.3) is 0 Å². The van der Waals surface area contributed by atoms with E-state index in [9.17, 15) is 4.79 Å². The minimum absolute atomic E-state index is 0.0579. The topological polar surface area (TPSA) is 38.3 Å². The monoisotopic (exact) mass is 219 g/mol. The van der Waals surface area contributed by atoms with Crippen LogP contribution in [-0.4, -0.2) is 23.1 Å². The van der Waals surface area contributed by atoms with Crippen molar-refractivity contribution >= 4 is 17.7 Å². The maximum absolute atomic E-state index is 11.4. The van der Waals surface area contributed by atoms with Gasteiger partial charge in [0.1, 0.15) is 5.60 Å². The minimum Gasteiger partial charge on any atom is -0.444 e. The van der Waals surface area contributed by atoms with Crippen LogP contribution in [0.4, 0.5) is 4.79 Å². The number of alkyl halides is 1. The molecule has 0 aromatic rings. The zero-order valence-corrected chi connectivity index (χ0v) is 9.73. The molecule has 0 radical (unpaired) electrons. The lowest BCUT2D eigenvalue weighted by molar-refractivity contribution is 0.0506. The molecule has 1 saturated carbocycles. The molecule has 0 heterocycles. The summed E-state index contributed by atoms with van der Waals surface area (Å²) in [4.78, 5) is 11.4. The van der Waals surface area contributed by atoms with Crippen LogP contribution >= 0.6 is 11.6 Å². The Kier molecular flexibility index (Phi) is 3.65. The third-order valence-corrected chi connectivity index (χ3v) is 2.66. The number of hydrogen-bond acceptors (Lipinski definition) is 2. The first-order chi connectivity index (χ1) is 6.38. The van der Waals surface area contributed by atoms with Crippen molar-refractivity contribution < 1.29 is 9.53 Å². The van der Waals surface area contributed by atoms with Gasteiger partial charge in [-0.05, 0) is 40.0 Å². The van der Waals surface area contributed by atoms with Crippen molar-refractivity contribution in [1.82, 2.24) is 5.32 Å². The van der Waals surface area contributed by atoms with Gasteiger partial charge in [-0.15, -0.1) is 11.6 Å². The highest BCUT2D eigenvalue weighted by molar-refractivity contribution is 6.21. The molecule has 2 atom stereocenters. The molecule has 4 heteroatoms. The summed E-state index contributed by atoms with van der Waals surface area (Å²) in [6.07, 6.45) is 2.64. The van der Waals surface area contributed by atoms with Crippen molar-refractivity contribution in [2.24, 2.45) is 0 Å². The van der Waals surface area contributed by atoms with Gasteiger partial charge in [0.2, 0.25) is 0 Å². The standard InChI is InChI=1S/C10H18ClNO2/c1-10(2,3)14-9(13)12-8-6-4-5-7(8)11/h7-8H,4-6H2,1-3H3,(H,12,13)/t7-,8+/m0/s1. The molecule has 14 heavy (non-hydrogen) atoms. The average Bonchev–Trinajstić information content (AvgIpc) is 2.32. The number of carbonyl (C=O) groups excluding carboxylic acids is 1. The van der Waals surface area contributed by atoms with Crippen molar-refractivity contribution in [3.05, 3.63) is 0 Å². The molecular weight excluding hydrogens is 202 g/mol. The second kappa shape index (κ2) is 4.39. The van der Waals surface area contributed by atoms with E-state index in [4.69, 9.17) is 16.3 Å². The highest BCUT2D eigenvalue weighted by atomic mass is 35.5. The Hall–Kier alpha value is -0.440. The maximum Gasteiger partial charge on any atom is 0.407 e. The molecule has 3 nitrogen and oxygen atoms in total. The molecule has 1 fully saturated rings. The van der Waals surface area contributed by atoms with Crippen molar-refractivity contribution in [3.8, 4) is 0 Å². The molecule has 1 N–H and O–H groups in total. The predicted molar refractivity (Wildman–Crippen MR) is 56.6 cm³/mol. The van der Waals surface area contributed by atoms with E-state index in [0.29, 0.717) is 0 Å². The van der Waals surface area contributed by atoms with Crippen LogP contribution < -0.4 is 5.32 Å². The van der Waals surface area contributed by atoms with Crippen LogP contribution in [-0.2, 0) is 4.74 Å². The molecule has 1 amide bonds. The van der Waals surface area contributed by atoms with Crippen molar-refractivity contribution in [2.45, 2.75) is 57.1 Å². The molecule has 0 aromatic heterocycles. The van der Waals surface area contributed by atoms with E-state index in [1.54, 1.807) is 0 Å². The Balaban J connectivity index is 2.33. The largest absolute Gasteiger partial charge is 0.444 e. The zero-order chi connectivity index (χ0) is 10.8. The zero-order valence-electron chi connectivity index (χ0n) is 8.97. The number of rotatable bonds is 1. The fourth-order valence-corrected chi connectivity index (χ4v) is 1.88. The molecular formula is C10H18ClNO2. The van der Waals surface area contributed by atoms with Gasteiger partial charge >= 0.3 is 6.09 Å². The number of ether oxygens (including phenoxy) is 1. The number of alkyl carbamates (subject to hydrolysis) is 1. The van der Waals surface area contributed by atoms with Gasteiger partial charge in [0.05, 0.1) is 5.38 Å². The highest BCUT2D eigenvalue weighted by Gasteiger charge is 2.28. The van der Waals surface area contributed by atoms with Gasteiger partial charge in [0.15, 0.2) is 0 Å². The Morgan fingerprint density at radius 2 is 2.07 bits per heavy atom. The molecule has 1 rings (SSSR count). The van der Waals surface area contributed by atoms with Crippen molar-refractivity contribution in [1.29, 1.82) is 0 Å². The fourth-order valence-electron chi connectivity index (χ4n) is 1.54. The third-order valence-electron chi connectivity index (χ3n) is 2.13. The van der Waals surface area contributed by atoms with Crippen LogP contribution in [0.25, 0.3) is 0 Å². The molecule has 82 valence electrons. The molecule has 1 aliphatic carbocycles. The molecule has 0 spiro atoms. The van der Waals surface area contributed by atoms with E-state index in [1.165, 1.54) is 0 Å². The van der Waals surface area contributed by atoms with E-state index in [1.807, 2.05) is 20.8 Å². The quantitative estimate of drug-likeness (QED) is 0.689. The highest BCUT2D eigenvalue weighted by Crippen LogP contribution is 2.24. The summed E-state index contributed by atoms with van der Waals surface area (Å²) < 4.78 is 5.14. The summed E-state index contributed by atoms with van der Waals surface area (Å²) in [7, 11) is 0. The first-order valence-electron chi connectivity index (χ1n) is 5.02. The minimum atomic E-state index is -0.440. The molecule has 0 unspecified atom stereocenters. The fraction of sp³-hybridized carbons (Fsp3) is 0.900. The van der Waals surface area contributed by atoms with Crippen LogP contribution in [0.2, 0.25) is 0 Å². The second-order valence-electron chi connectivity index (χ2n) is 4.70. The van der Waals surface area contributed by atoms with Gasteiger partial charge < -0.3 is 10.1 Å². The van der Waals surface area contributed by atoms with Gasteiger partial charge in [-0.25, -0.2) is 4.79 Å². The van der Waals surface area contributed by atoms with Gasteiger partial charge in [-0.1, -0.05) is 0 Å². The summed E-state index contributed by atoms with van der Waals surface area (Å²) in [6, 6.07) is 0.0755. The molecule has 0 aromatic carbocycles. The van der Waals surface area contributed by atoms with E-state index < -0.39 is 5.60 Å². The second-order valence-corrected chi connectivity index (χ2v) is 5.26. The number of nitrogens with one attached hydrogen (secondary N) is 1. The summed E-state index contributed by atoms with van der Waals surface area (Å²) in [5, 5.41) is 2.85. The van der Waals surface area contributed by atoms with E-state index in [-0.39, 0.29) is 17.5 Å². The number of halogens is 1. The lowest BCUT2D eigenvalue weighted by atomic mass is 10.2. The third kappa shape index (κ3) is 3.74. The van der Waals surface area contributed by atoms with Gasteiger partial charge in [0, 0.05) is 6.04 Å². The van der Waals surface area contributed by atoms with Crippen LogP contribution in [0.5, 0.6) is 0 Å². The van der Waals surface area contributed by atoms with Gasteiger partial charge in [-0.3, -0.25) is 0 Å². The molecule has 0 aliphatic heterocycles.